The third-order valence-electron chi connectivity index (χ3n) is 2.73. The number of nitrogens with two attached hydrogens (primary N) is 1. The van der Waals surface area contributed by atoms with E-state index < -0.39 is 12.0 Å². The minimum Gasteiger partial charge on any atom is -0.480 e. The first-order chi connectivity index (χ1) is 7.56. The average molecular weight is 222 g/mol. The molecule has 0 radical (unpaired) electrons. The van der Waals surface area contributed by atoms with Crippen molar-refractivity contribution in [3.8, 4) is 0 Å². The number of hydrogen-bond acceptors (Lipinski definition) is 3. The first kappa shape index (κ1) is 12.5. The Bertz CT molecular complexity index is 334. The molecule has 1 aliphatic rings. The van der Waals surface area contributed by atoms with Crippen molar-refractivity contribution >= 4 is 5.97 Å². The average Bonchev–Trinajstić information content (AvgIpc) is 2.57. The highest BCUT2D eigenvalue weighted by Crippen LogP contribution is 2.26. The molecule has 1 aliphatic heterocycles. The lowest BCUT2D eigenvalue weighted by Gasteiger charge is -2.16. The summed E-state index contributed by atoms with van der Waals surface area (Å²) in [7, 11) is 0. The summed E-state index contributed by atoms with van der Waals surface area (Å²) >= 11 is 0. The standard InChI is InChI=1S/C12H18N2O2/c1-3-4-5-10-8(2)14-7-9(10)6-11(13)12(15)16/h3-5,7-8,10-11,14H,1,6,13H2,2H3,(H,15,16)/b5-4-. The van der Waals surface area contributed by atoms with Crippen molar-refractivity contribution in [2.24, 2.45) is 11.7 Å². The molecule has 1 heterocycles. The molecule has 0 amide bonds. The summed E-state index contributed by atoms with van der Waals surface area (Å²) in [5, 5.41) is 11.9. The third kappa shape index (κ3) is 2.97. The van der Waals surface area contributed by atoms with Crippen LogP contribution in [-0.4, -0.2) is 23.2 Å². The zero-order valence-corrected chi connectivity index (χ0v) is 9.39. The van der Waals surface area contributed by atoms with Crippen molar-refractivity contribution in [1.29, 1.82) is 0 Å². The minimum atomic E-state index is -0.966. The molecule has 0 spiro atoms. The second-order valence-electron chi connectivity index (χ2n) is 3.97. The second kappa shape index (κ2) is 5.51. The molecule has 3 unspecified atom stereocenters. The van der Waals surface area contributed by atoms with E-state index in [4.69, 9.17) is 10.8 Å². The number of carboxylic acids is 1. The predicted octanol–water partition coefficient (Wildman–Crippen LogP) is 1.02. The van der Waals surface area contributed by atoms with E-state index in [1.165, 1.54) is 0 Å². The van der Waals surface area contributed by atoms with Gasteiger partial charge in [0, 0.05) is 12.0 Å². The van der Waals surface area contributed by atoms with Crippen LogP contribution in [0.1, 0.15) is 13.3 Å². The summed E-state index contributed by atoms with van der Waals surface area (Å²) < 4.78 is 0. The molecular formula is C12H18N2O2. The van der Waals surface area contributed by atoms with Crippen LogP contribution in [0.3, 0.4) is 0 Å². The molecule has 0 saturated carbocycles. The van der Waals surface area contributed by atoms with E-state index in [1.54, 1.807) is 6.08 Å². The molecule has 4 N–H and O–H groups in total. The van der Waals surface area contributed by atoms with E-state index >= 15 is 0 Å². The SMILES string of the molecule is C=C/C=C\C1C(CC(N)C(=O)O)=CNC1C. The van der Waals surface area contributed by atoms with E-state index in [-0.39, 0.29) is 12.0 Å². The molecule has 0 aromatic heterocycles. The lowest BCUT2D eigenvalue weighted by Crippen LogP contribution is -2.31. The zero-order valence-electron chi connectivity index (χ0n) is 9.39. The third-order valence-corrected chi connectivity index (χ3v) is 2.73. The maximum absolute atomic E-state index is 10.7. The fourth-order valence-corrected chi connectivity index (χ4v) is 1.78. The number of rotatable bonds is 5. The summed E-state index contributed by atoms with van der Waals surface area (Å²) in [6.07, 6.45) is 7.83. The van der Waals surface area contributed by atoms with Gasteiger partial charge in [0.2, 0.25) is 0 Å². The smallest absolute Gasteiger partial charge is 0.320 e. The molecule has 0 saturated heterocycles. The summed E-state index contributed by atoms with van der Waals surface area (Å²) in [4.78, 5) is 10.7. The van der Waals surface area contributed by atoms with Gasteiger partial charge in [0.15, 0.2) is 0 Å². The van der Waals surface area contributed by atoms with Gasteiger partial charge in [-0.3, -0.25) is 4.79 Å². The molecule has 4 heteroatoms. The van der Waals surface area contributed by atoms with Crippen LogP contribution in [0.5, 0.6) is 0 Å². The Morgan fingerprint density at radius 3 is 3.06 bits per heavy atom. The van der Waals surface area contributed by atoms with Gasteiger partial charge >= 0.3 is 5.97 Å². The molecule has 88 valence electrons. The van der Waals surface area contributed by atoms with Gasteiger partial charge in [0.1, 0.15) is 6.04 Å². The van der Waals surface area contributed by atoms with Gasteiger partial charge in [-0.1, -0.05) is 24.8 Å². The molecule has 0 aromatic carbocycles. The van der Waals surface area contributed by atoms with Gasteiger partial charge in [-0.25, -0.2) is 0 Å². The van der Waals surface area contributed by atoms with Crippen molar-refractivity contribution in [3.05, 3.63) is 36.6 Å². The van der Waals surface area contributed by atoms with Crippen molar-refractivity contribution in [2.45, 2.75) is 25.4 Å². The maximum atomic E-state index is 10.7. The second-order valence-corrected chi connectivity index (χ2v) is 3.97. The van der Waals surface area contributed by atoms with Crippen LogP contribution in [0.4, 0.5) is 0 Å². The molecule has 1 rings (SSSR count). The summed E-state index contributed by atoms with van der Waals surface area (Å²) in [5.41, 5.74) is 6.55. The Morgan fingerprint density at radius 1 is 1.81 bits per heavy atom. The van der Waals surface area contributed by atoms with Crippen molar-refractivity contribution in [1.82, 2.24) is 5.32 Å². The molecule has 0 aliphatic carbocycles. The van der Waals surface area contributed by atoms with Gasteiger partial charge in [-0.2, -0.15) is 0 Å². The van der Waals surface area contributed by atoms with Crippen LogP contribution in [0.15, 0.2) is 36.6 Å². The van der Waals surface area contributed by atoms with Crippen LogP contribution in [0.25, 0.3) is 0 Å². The molecule has 0 bridgehead atoms. The topological polar surface area (TPSA) is 75.4 Å². The van der Waals surface area contributed by atoms with Gasteiger partial charge in [0.25, 0.3) is 0 Å². The van der Waals surface area contributed by atoms with Gasteiger partial charge in [-0.05, 0) is 25.1 Å². The number of nitrogens with one attached hydrogen (secondary N) is 1. The predicted molar refractivity (Wildman–Crippen MR) is 63.7 cm³/mol. The van der Waals surface area contributed by atoms with Crippen LogP contribution in [0, 0.1) is 5.92 Å². The Balaban J connectivity index is 2.68. The fraction of sp³-hybridized carbons (Fsp3) is 0.417. The van der Waals surface area contributed by atoms with Gasteiger partial charge in [-0.15, -0.1) is 0 Å². The Hall–Kier alpha value is -1.55. The number of aliphatic carboxylic acids is 1. The van der Waals surface area contributed by atoms with E-state index in [1.807, 2.05) is 25.3 Å². The highest BCUT2D eigenvalue weighted by molar-refractivity contribution is 5.73. The number of carbonyl (C=O) groups is 1. The molecule has 4 nitrogen and oxygen atoms in total. The first-order valence-electron chi connectivity index (χ1n) is 5.29. The van der Waals surface area contributed by atoms with E-state index in [0.717, 1.165) is 5.57 Å². The maximum Gasteiger partial charge on any atom is 0.320 e. The lowest BCUT2D eigenvalue weighted by atomic mass is 9.91. The van der Waals surface area contributed by atoms with E-state index in [2.05, 4.69) is 11.9 Å². The van der Waals surface area contributed by atoms with Crippen molar-refractivity contribution in [3.63, 3.8) is 0 Å². The zero-order chi connectivity index (χ0) is 12.1. The normalized spacial score (nSPS) is 26.2. The molecule has 0 fully saturated rings. The molecule has 0 aromatic rings. The first-order valence-corrected chi connectivity index (χ1v) is 5.29. The summed E-state index contributed by atoms with van der Waals surface area (Å²) in [5.74, 6) is -0.768. The van der Waals surface area contributed by atoms with Crippen molar-refractivity contribution in [2.75, 3.05) is 0 Å². The fourth-order valence-electron chi connectivity index (χ4n) is 1.78. The Kier molecular flexibility index (Phi) is 4.31. The number of allylic oxidation sites excluding steroid dienone is 2. The Labute approximate surface area is 95.5 Å². The van der Waals surface area contributed by atoms with Crippen LogP contribution < -0.4 is 11.1 Å². The highest BCUT2D eigenvalue weighted by Gasteiger charge is 2.26. The summed E-state index contributed by atoms with van der Waals surface area (Å²) in [6.45, 7) is 5.66. The molecular weight excluding hydrogens is 204 g/mol. The lowest BCUT2D eigenvalue weighted by molar-refractivity contribution is -0.138. The van der Waals surface area contributed by atoms with E-state index in [0.29, 0.717) is 6.42 Å². The quantitative estimate of drug-likeness (QED) is 0.607. The van der Waals surface area contributed by atoms with Crippen LogP contribution in [-0.2, 0) is 4.79 Å². The highest BCUT2D eigenvalue weighted by atomic mass is 16.4. The van der Waals surface area contributed by atoms with Crippen LogP contribution in [0.2, 0.25) is 0 Å². The summed E-state index contributed by atoms with van der Waals surface area (Å²) in [6, 6.07) is -0.565. The minimum absolute atomic E-state index is 0.198. The molecule has 16 heavy (non-hydrogen) atoms. The largest absolute Gasteiger partial charge is 0.480 e. The van der Waals surface area contributed by atoms with Crippen LogP contribution >= 0.6 is 0 Å². The molecule has 3 atom stereocenters. The van der Waals surface area contributed by atoms with Gasteiger partial charge < -0.3 is 16.2 Å². The monoisotopic (exact) mass is 222 g/mol. The number of hydrogen-bond donors (Lipinski definition) is 3. The van der Waals surface area contributed by atoms with Gasteiger partial charge in [0.05, 0.1) is 0 Å². The van der Waals surface area contributed by atoms with Crippen molar-refractivity contribution < 1.29 is 9.90 Å². The Morgan fingerprint density at radius 2 is 2.50 bits per heavy atom. The van der Waals surface area contributed by atoms with E-state index in [9.17, 15) is 4.79 Å². The number of carboxylic acid groups (broad SMARTS) is 1.